The van der Waals surface area contributed by atoms with Crippen molar-refractivity contribution < 1.29 is 13.9 Å². The van der Waals surface area contributed by atoms with Gasteiger partial charge in [0.05, 0.1) is 31.0 Å². The van der Waals surface area contributed by atoms with Crippen LogP contribution in [0.4, 0.5) is 5.82 Å². The molecule has 2 aromatic rings. The highest BCUT2D eigenvalue weighted by Crippen LogP contribution is 2.27. The molecule has 3 heterocycles. The van der Waals surface area contributed by atoms with Crippen LogP contribution in [0.3, 0.4) is 0 Å². The molecule has 7 nitrogen and oxygen atoms in total. The van der Waals surface area contributed by atoms with Crippen molar-refractivity contribution >= 4 is 11.7 Å². The predicted octanol–water partition coefficient (Wildman–Crippen LogP) is 3.06. The highest BCUT2D eigenvalue weighted by atomic mass is 16.5. The number of nitrogens with zero attached hydrogens (tertiary/aromatic N) is 3. The van der Waals surface area contributed by atoms with Crippen LogP contribution in [0.1, 0.15) is 42.3 Å². The molecule has 2 aromatic heterocycles. The Morgan fingerprint density at radius 2 is 2.14 bits per heavy atom. The van der Waals surface area contributed by atoms with Gasteiger partial charge in [0, 0.05) is 25.4 Å². The number of amides is 1. The summed E-state index contributed by atoms with van der Waals surface area (Å²) < 4.78 is 13.1. The number of carbonyl (C=O) groups excluding carboxylic acids is 1. The average molecular weight is 384 g/mol. The number of carbonyl (C=O) groups is 1. The monoisotopic (exact) mass is 384 g/mol. The number of aromatic nitrogens is 1. The number of furan rings is 1. The Hall–Kier alpha value is -2.56. The van der Waals surface area contributed by atoms with Crippen LogP contribution < -0.4 is 5.32 Å². The maximum atomic E-state index is 12.7. The van der Waals surface area contributed by atoms with E-state index < -0.39 is 0 Å². The molecule has 0 radical (unpaired) electrons. The van der Waals surface area contributed by atoms with E-state index in [2.05, 4.69) is 16.3 Å². The predicted molar refractivity (Wildman–Crippen MR) is 106 cm³/mol. The second kappa shape index (κ2) is 9.09. The Kier molecular flexibility index (Phi) is 6.55. The Bertz CT molecular complexity index is 840. The smallest absolute Gasteiger partial charge is 0.239 e. The van der Waals surface area contributed by atoms with E-state index in [0.29, 0.717) is 30.6 Å². The first-order valence-corrected chi connectivity index (χ1v) is 9.79. The number of hydrogen-bond acceptors (Lipinski definition) is 5. The van der Waals surface area contributed by atoms with Gasteiger partial charge in [-0.25, -0.2) is 0 Å². The third kappa shape index (κ3) is 4.46. The largest absolute Gasteiger partial charge is 0.467 e. The lowest BCUT2D eigenvalue weighted by atomic mass is 10.1. The fourth-order valence-corrected chi connectivity index (χ4v) is 3.73. The summed E-state index contributed by atoms with van der Waals surface area (Å²) in [6.07, 6.45) is 3.80. The van der Waals surface area contributed by atoms with Crippen LogP contribution in [0.2, 0.25) is 0 Å². The number of hydrogen-bond donors (Lipinski definition) is 1. The molecular formula is C21H28N4O3. The van der Waals surface area contributed by atoms with Gasteiger partial charge in [-0.1, -0.05) is 0 Å². The summed E-state index contributed by atoms with van der Waals surface area (Å²) in [6, 6.07) is 5.95. The summed E-state index contributed by atoms with van der Waals surface area (Å²) in [5, 5.41) is 12.6. The summed E-state index contributed by atoms with van der Waals surface area (Å²) in [5.74, 6) is 1.21. The molecule has 0 atom stereocenters. The van der Waals surface area contributed by atoms with Crippen LogP contribution >= 0.6 is 0 Å². The number of piperidine rings is 1. The SMILES string of the molecule is CCOC1CCN(CC(=O)Nc2c(C#N)c(C)c(C)n2Cc2ccco2)CC1. The van der Waals surface area contributed by atoms with Gasteiger partial charge in [0.1, 0.15) is 17.6 Å². The van der Waals surface area contributed by atoms with Crippen LogP contribution in [-0.2, 0) is 16.1 Å². The molecule has 0 aliphatic carbocycles. The fourth-order valence-electron chi connectivity index (χ4n) is 3.73. The van der Waals surface area contributed by atoms with Gasteiger partial charge >= 0.3 is 0 Å². The zero-order valence-electron chi connectivity index (χ0n) is 16.8. The Morgan fingerprint density at radius 3 is 2.75 bits per heavy atom. The van der Waals surface area contributed by atoms with Crippen LogP contribution in [0.5, 0.6) is 0 Å². The normalized spacial score (nSPS) is 15.5. The molecule has 0 unspecified atom stereocenters. The van der Waals surface area contributed by atoms with Crippen molar-refractivity contribution in [2.24, 2.45) is 0 Å². The molecule has 150 valence electrons. The average Bonchev–Trinajstić information content (AvgIpc) is 3.27. The molecule has 1 fully saturated rings. The minimum absolute atomic E-state index is 0.107. The Labute approximate surface area is 165 Å². The van der Waals surface area contributed by atoms with Gasteiger partial charge < -0.3 is 19.0 Å². The van der Waals surface area contributed by atoms with E-state index in [1.807, 2.05) is 37.5 Å². The summed E-state index contributed by atoms with van der Waals surface area (Å²) >= 11 is 0. The standard InChI is InChI=1S/C21H28N4O3/c1-4-27-17-7-9-24(10-8-17)14-20(26)23-21-19(12-22)15(2)16(3)25(21)13-18-6-5-11-28-18/h5-6,11,17H,4,7-10,13-14H2,1-3H3,(H,23,26). The molecule has 1 N–H and O–H groups in total. The second-order valence-corrected chi connectivity index (χ2v) is 7.19. The third-order valence-electron chi connectivity index (χ3n) is 5.40. The van der Waals surface area contributed by atoms with E-state index in [4.69, 9.17) is 9.15 Å². The van der Waals surface area contributed by atoms with Crippen molar-refractivity contribution in [2.75, 3.05) is 31.6 Å². The Balaban J connectivity index is 1.70. The van der Waals surface area contributed by atoms with Crippen LogP contribution in [-0.4, -0.2) is 47.7 Å². The number of anilines is 1. The van der Waals surface area contributed by atoms with Crippen LogP contribution in [0.15, 0.2) is 22.8 Å². The molecule has 0 bridgehead atoms. The number of ether oxygens (including phenoxy) is 1. The van der Waals surface area contributed by atoms with Crippen molar-refractivity contribution in [3.8, 4) is 6.07 Å². The number of nitriles is 1. The van der Waals surface area contributed by atoms with Gasteiger partial charge in [0.2, 0.25) is 5.91 Å². The summed E-state index contributed by atoms with van der Waals surface area (Å²) in [5.41, 5.74) is 2.33. The van der Waals surface area contributed by atoms with Crippen molar-refractivity contribution in [1.82, 2.24) is 9.47 Å². The fraction of sp³-hybridized carbons (Fsp3) is 0.524. The van der Waals surface area contributed by atoms with Gasteiger partial charge in [-0.15, -0.1) is 0 Å². The lowest BCUT2D eigenvalue weighted by molar-refractivity contribution is -0.118. The zero-order valence-corrected chi connectivity index (χ0v) is 16.8. The molecule has 0 saturated carbocycles. The summed E-state index contributed by atoms with van der Waals surface area (Å²) in [4.78, 5) is 14.8. The second-order valence-electron chi connectivity index (χ2n) is 7.19. The molecule has 1 aliphatic heterocycles. The minimum Gasteiger partial charge on any atom is -0.467 e. The maximum absolute atomic E-state index is 12.7. The first-order chi connectivity index (χ1) is 13.5. The molecular weight excluding hydrogens is 356 g/mol. The summed E-state index contributed by atoms with van der Waals surface area (Å²) in [6.45, 7) is 9.06. The minimum atomic E-state index is -0.107. The maximum Gasteiger partial charge on any atom is 0.239 e. The van der Waals surface area contributed by atoms with E-state index in [0.717, 1.165) is 49.6 Å². The molecule has 7 heteroatoms. The first-order valence-electron chi connectivity index (χ1n) is 9.79. The van der Waals surface area contributed by atoms with E-state index >= 15 is 0 Å². The molecule has 1 amide bonds. The van der Waals surface area contributed by atoms with Crippen molar-refractivity contribution in [2.45, 2.75) is 46.3 Å². The molecule has 1 aliphatic rings. The van der Waals surface area contributed by atoms with Crippen molar-refractivity contribution in [3.63, 3.8) is 0 Å². The third-order valence-corrected chi connectivity index (χ3v) is 5.40. The number of nitrogens with one attached hydrogen (secondary N) is 1. The van der Waals surface area contributed by atoms with E-state index in [1.165, 1.54) is 0 Å². The number of rotatable bonds is 7. The van der Waals surface area contributed by atoms with Crippen molar-refractivity contribution in [1.29, 1.82) is 5.26 Å². The van der Waals surface area contributed by atoms with E-state index in [-0.39, 0.29) is 5.91 Å². The van der Waals surface area contributed by atoms with Crippen LogP contribution in [0.25, 0.3) is 0 Å². The highest BCUT2D eigenvalue weighted by molar-refractivity contribution is 5.93. The van der Waals surface area contributed by atoms with E-state index in [1.54, 1.807) is 6.26 Å². The van der Waals surface area contributed by atoms with Crippen molar-refractivity contribution in [3.05, 3.63) is 41.0 Å². The molecule has 0 spiro atoms. The highest BCUT2D eigenvalue weighted by Gasteiger charge is 2.24. The molecule has 1 saturated heterocycles. The lowest BCUT2D eigenvalue weighted by Gasteiger charge is -2.31. The lowest BCUT2D eigenvalue weighted by Crippen LogP contribution is -2.41. The molecule has 28 heavy (non-hydrogen) atoms. The first kappa shape index (κ1) is 20.2. The van der Waals surface area contributed by atoms with Gasteiger partial charge in [-0.05, 0) is 51.3 Å². The zero-order chi connectivity index (χ0) is 20.1. The van der Waals surface area contributed by atoms with E-state index in [9.17, 15) is 10.1 Å². The van der Waals surface area contributed by atoms with Crippen LogP contribution in [0, 0.1) is 25.2 Å². The molecule has 0 aromatic carbocycles. The Morgan fingerprint density at radius 1 is 1.39 bits per heavy atom. The molecule has 3 rings (SSSR count). The van der Waals surface area contributed by atoms with Gasteiger partial charge in [-0.3, -0.25) is 9.69 Å². The topological polar surface area (TPSA) is 83.4 Å². The van der Waals surface area contributed by atoms with Gasteiger partial charge in [0.15, 0.2) is 0 Å². The number of likely N-dealkylation sites (tertiary alicyclic amines) is 1. The van der Waals surface area contributed by atoms with Gasteiger partial charge in [-0.2, -0.15) is 5.26 Å². The van der Waals surface area contributed by atoms with Gasteiger partial charge in [0.25, 0.3) is 0 Å². The quantitative estimate of drug-likeness (QED) is 0.793. The summed E-state index contributed by atoms with van der Waals surface area (Å²) in [7, 11) is 0.